The molecule has 0 saturated carbocycles. The fraction of sp³-hybridized carbons (Fsp3) is 0. The van der Waals surface area contributed by atoms with E-state index in [0.29, 0.717) is 11.1 Å². The van der Waals surface area contributed by atoms with E-state index in [0.717, 1.165) is 0 Å². The molecule has 0 unspecified atom stereocenters. The van der Waals surface area contributed by atoms with Crippen molar-refractivity contribution < 1.29 is 4.79 Å². The minimum absolute atomic E-state index is 0.225. The van der Waals surface area contributed by atoms with Gasteiger partial charge in [-0.05, 0) is 27.0 Å². The van der Waals surface area contributed by atoms with Crippen LogP contribution >= 0.6 is 15.9 Å². The van der Waals surface area contributed by atoms with Gasteiger partial charge in [0.25, 0.3) is 0 Å². The topological polar surface area (TPSA) is 65.8 Å². The van der Waals surface area contributed by atoms with Gasteiger partial charge in [0.2, 0.25) is 0 Å². The number of allylic oxidation sites excluding steroid dienone is 1. The summed E-state index contributed by atoms with van der Waals surface area (Å²) >= 11 is 3.25. The lowest BCUT2D eigenvalue weighted by Gasteiger charge is -2.05. The van der Waals surface area contributed by atoms with Crippen LogP contribution in [-0.2, 0) is 0 Å². The van der Waals surface area contributed by atoms with Crippen LogP contribution in [0.4, 0.5) is 0 Å². The predicted molar refractivity (Wildman–Crippen MR) is 82.2 cm³/mol. The summed E-state index contributed by atoms with van der Waals surface area (Å²) in [5.41, 5.74) is 10.2. The van der Waals surface area contributed by atoms with Crippen molar-refractivity contribution in [3.63, 3.8) is 0 Å². The van der Waals surface area contributed by atoms with Crippen LogP contribution in [0.15, 0.2) is 70.3 Å². The molecule has 0 N–H and O–H groups in total. The highest BCUT2D eigenvalue weighted by molar-refractivity contribution is 9.12. The van der Waals surface area contributed by atoms with Gasteiger partial charge >= 0.3 is 0 Å². The molecule has 0 heterocycles. The van der Waals surface area contributed by atoms with Gasteiger partial charge in [-0.3, -0.25) is 4.79 Å². The Balaban J connectivity index is 2.51. The van der Waals surface area contributed by atoms with Gasteiger partial charge in [-0.25, -0.2) is 0 Å². The number of carbonyl (C=O) groups excluding carboxylic acids is 1. The molecule has 2 aromatic rings. The molecule has 5 heteroatoms. The molecular formula is C15H10BrN3O. The second-order valence-corrected chi connectivity index (χ2v) is 4.71. The summed E-state index contributed by atoms with van der Waals surface area (Å²) in [4.78, 5) is 15.1. The molecule has 0 spiro atoms. The van der Waals surface area contributed by atoms with E-state index in [2.05, 4.69) is 26.0 Å². The highest BCUT2D eigenvalue weighted by Gasteiger charge is 2.15. The maximum absolute atomic E-state index is 12.3. The summed E-state index contributed by atoms with van der Waals surface area (Å²) in [6.07, 6.45) is 0. The Morgan fingerprint density at radius 1 is 0.950 bits per heavy atom. The Morgan fingerprint density at radius 2 is 1.45 bits per heavy atom. The predicted octanol–water partition coefficient (Wildman–Crippen LogP) is 4.94. The van der Waals surface area contributed by atoms with Gasteiger partial charge in [0.15, 0.2) is 5.78 Å². The third-order valence-electron chi connectivity index (χ3n) is 2.64. The van der Waals surface area contributed by atoms with Crippen molar-refractivity contribution >= 4 is 27.4 Å². The van der Waals surface area contributed by atoms with Crippen molar-refractivity contribution in [1.82, 2.24) is 0 Å². The third kappa shape index (κ3) is 3.15. The number of carbonyl (C=O) groups is 1. The number of Topliss-reactive ketones (excluding diaryl/α,β-unsaturated/α-hetero) is 1. The maximum Gasteiger partial charge on any atom is 0.200 e. The van der Waals surface area contributed by atoms with Crippen molar-refractivity contribution in [2.45, 2.75) is 0 Å². The molecule has 98 valence electrons. The summed E-state index contributed by atoms with van der Waals surface area (Å²) < 4.78 is 0.243. The smallest absolute Gasteiger partial charge is 0.200 e. The lowest BCUT2D eigenvalue weighted by Crippen LogP contribution is -2.00. The minimum atomic E-state index is -0.225. The van der Waals surface area contributed by atoms with E-state index in [-0.39, 0.29) is 16.0 Å². The minimum Gasteiger partial charge on any atom is -0.288 e. The molecule has 0 saturated heterocycles. The van der Waals surface area contributed by atoms with Crippen molar-refractivity contribution in [3.8, 4) is 0 Å². The summed E-state index contributed by atoms with van der Waals surface area (Å²) in [5, 5.41) is 3.63. The van der Waals surface area contributed by atoms with Crippen LogP contribution in [0.5, 0.6) is 0 Å². The van der Waals surface area contributed by atoms with E-state index in [1.54, 1.807) is 36.4 Å². The fourth-order valence-corrected chi connectivity index (χ4v) is 2.23. The zero-order valence-corrected chi connectivity index (χ0v) is 12.0. The number of nitrogens with zero attached hydrogens (tertiary/aromatic N) is 3. The standard InChI is InChI=1S/C15H10BrN3O/c16-13(15(20)12-9-5-2-6-10-12)14(18-19-17)11-7-3-1-4-8-11/h1-10H. The average Bonchev–Trinajstić information content (AvgIpc) is 2.53. The molecule has 2 rings (SSSR count). The van der Waals surface area contributed by atoms with Crippen LogP contribution in [0, 0.1) is 0 Å². The number of hydrogen-bond donors (Lipinski definition) is 0. The van der Waals surface area contributed by atoms with Crippen molar-refractivity contribution in [2.24, 2.45) is 5.11 Å². The average molecular weight is 328 g/mol. The molecule has 2 aromatic carbocycles. The number of benzene rings is 2. The first kappa shape index (κ1) is 14.1. The van der Waals surface area contributed by atoms with Gasteiger partial charge in [0.1, 0.15) is 0 Å². The molecule has 0 bridgehead atoms. The first-order chi connectivity index (χ1) is 9.74. The van der Waals surface area contributed by atoms with E-state index >= 15 is 0 Å². The third-order valence-corrected chi connectivity index (χ3v) is 3.37. The van der Waals surface area contributed by atoms with Crippen LogP contribution < -0.4 is 0 Å². The van der Waals surface area contributed by atoms with Crippen LogP contribution in [0.25, 0.3) is 16.1 Å². The lowest BCUT2D eigenvalue weighted by molar-refractivity contribution is 0.104. The number of ketones is 1. The zero-order valence-electron chi connectivity index (χ0n) is 10.4. The van der Waals surface area contributed by atoms with Gasteiger partial charge in [0.05, 0.1) is 10.2 Å². The molecule has 0 aliphatic heterocycles. The monoisotopic (exact) mass is 327 g/mol. The van der Waals surface area contributed by atoms with Gasteiger partial charge in [-0.1, -0.05) is 65.8 Å². The molecule has 0 aliphatic carbocycles. The highest BCUT2D eigenvalue weighted by atomic mass is 79.9. The van der Waals surface area contributed by atoms with Gasteiger partial charge in [-0.2, -0.15) is 0 Å². The normalized spacial score (nSPS) is 11.2. The van der Waals surface area contributed by atoms with E-state index in [1.807, 2.05) is 24.3 Å². The van der Waals surface area contributed by atoms with Crippen molar-refractivity contribution in [2.75, 3.05) is 0 Å². The SMILES string of the molecule is [N-]=[N+]=NC(=C(Br)C(=O)c1ccccc1)c1ccccc1. The van der Waals surface area contributed by atoms with Gasteiger partial charge in [0, 0.05) is 10.5 Å². The number of rotatable bonds is 4. The summed E-state index contributed by atoms with van der Waals surface area (Å²) in [6.45, 7) is 0. The summed E-state index contributed by atoms with van der Waals surface area (Å²) in [5.74, 6) is -0.225. The Kier molecular flexibility index (Phi) is 4.71. The number of azide groups is 1. The Hall–Kier alpha value is -2.36. The highest BCUT2D eigenvalue weighted by Crippen LogP contribution is 2.27. The fourth-order valence-electron chi connectivity index (χ4n) is 1.69. The van der Waals surface area contributed by atoms with E-state index in [4.69, 9.17) is 5.53 Å². The number of halogens is 1. The van der Waals surface area contributed by atoms with Crippen molar-refractivity contribution in [3.05, 3.63) is 86.7 Å². The van der Waals surface area contributed by atoms with E-state index in [1.165, 1.54) is 0 Å². The molecule has 0 amide bonds. The molecule has 0 radical (unpaired) electrons. The first-order valence-corrected chi connectivity index (χ1v) is 6.63. The second-order valence-electron chi connectivity index (χ2n) is 3.91. The van der Waals surface area contributed by atoms with Gasteiger partial charge < -0.3 is 0 Å². The Labute approximate surface area is 124 Å². The molecule has 4 nitrogen and oxygen atoms in total. The quantitative estimate of drug-likeness (QED) is 0.258. The Morgan fingerprint density at radius 3 is 1.95 bits per heavy atom. The lowest BCUT2D eigenvalue weighted by atomic mass is 10.1. The van der Waals surface area contributed by atoms with Crippen LogP contribution in [-0.4, -0.2) is 5.78 Å². The van der Waals surface area contributed by atoms with Crippen LogP contribution in [0.3, 0.4) is 0 Å². The molecule has 0 aliphatic rings. The summed E-state index contributed by atoms with van der Waals surface area (Å²) in [7, 11) is 0. The van der Waals surface area contributed by atoms with Crippen molar-refractivity contribution in [1.29, 1.82) is 0 Å². The second kappa shape index (κ2) is 6.70. The molecule has 20 heavy (non-hydrogen) atoms. The van der Waals surface area contributed by atoms with Crippen LogP contribution in [0.1, 0.15) is 15.9 Å². The van der Waals surface area contributed by atoms with E-state index in [9.17, 15) is 4.79 Å². The molecule has 0 fully saturated rings. The largest absolute Gasteiger partial charge is 0.288 e. The van der Waals surface area contributed by atoms with Crippen LogP contribution in [0.2, 0.25) is 0 Å². The first-order valence-electron chi connectivity index (χ1n) is 5.84. The van der Waals surface area contributed by atoms with Gasteiger partial charge in [-0.15, -0.1) is 0 Å². The molecule has 0 aromatic heterocycles. The summed E-state index contributed by atoms with van der Waals surface area (Å²) in [6, 6.07) is 17.9. The Bertz CT molecular complexity index is 690. The zero-order chi connectivity index (χ0) is 14.4. The maximum atomic E-state index is 12.3. The molecule has 0 atom stereocenters. The number of hydrogen-bond acceptors (Lipinski definition) is 2. The molecular weight excluding hydrogens is 318 g/mol. The van der Waals surface area contributed by atoms with E-state index < -0.39 is 0 Å².